The standard InChI is InChI=1S/C13H17BN4O2/c1-12(2)13(3,4)20-14(19-12)10-8-16-11(9-15-10)18-7-5-6-17-18/h5-9H,1-4H3/i5D,6D,7D. The van der Waals surface area contributed by atoms with Crippen molar-refractivity contribution in [3.8, 4) is 5.82 Å². The molecular formula is C13H17BN4O2. The predicted molar refractivity (Wildman–Crippen MR) is 74.9 cm³/mol. The highest BCUT2D eigenvalue weighted by Gasteiger charge is 2.52. The number of hydrogen-bond acceptors (Lipinski definition) is 5. The van der Waals surface area contributed by atoms with Gasteiger partial charge < -0.3 is 9.31 Å². The Bertz CT molecular complexity index is 732. The summed E-state index contributed by atoms with van der Waals surface area (Å²) in [6.45, 7) is 7.82. The lowest BCUT2D eigenvalue weighted by atomic mass is 9.85. The molecule has 0 saturated carbocycles. The van der Waals surface area contributed by atoms with E-state index in [4.69, 9.17) is 13.4 Å². The molecule has 0 radical (unpaired) electrons. The van der Waals surface area contributed by atoms with Crippen LogP contribution in [0.4, 0.5) is 0 Å². The first-order valence-electron chi connectivity index (χ1n) is 7.83. The molecule has 0 atom stereocenters. The van der Waals surface area contributed by atoms with Gasteiger partial charge in [0.15, 0.2) is 5.82 Å². The Morgan fingerprint density at radius 3 is 2.35 bits per heavy atom. The Labute approximate surface area is 122 Å². The van der Waals surface area contributed by atoms with Crippen LogP contribution in [0.25, 0.3) is 5.82 Å². The maximum Gasteiger partial charge on any atom is 0.516 e. The van der Waals surface area contributed by atoms with Gasteiger partial charge in [-0.1, -0.05) is 0 Å². The fourth-order valence-corrected chi connectivity index (χ4v) is 1.81. The molecule has 7 heteroatoms. The van der Waals surface area contributed by atoms with Crippen LogP contribution in [0.2, 0.25) is 0 Å². The van der Waals surface area contributed by atoms with Crippen LogP contribution in [-0.4, -0.2) is 38.1 Å². The summed E-state index contributed by atoms with van der Waals surface area (Å²) in [5.74, 6) is 0.266. The highest BCUT2D eigenvalue weighted by molar-refractivity contribution is 6.61. The fraction of sp³-hybridized carbons (Fsp3) is 0.462. The van der Waals surface area contributed by atoms with E-state index in [9.17, 15) is 0 Å². The fourth-order valence-electron chi connectivity index (χ4n) is 1.81. The molecule has 0 N–H and O–H groups in total. The second kappa shape index (κ2) is 4.39. The van der Waals surface area contributed by atoms with Crippen molar-refractivity contribution in [3.63, 3.8) is 0 Å². The minimum absolute atomic E-state index is 0.201. The summed E-state index contributed by atoms with van der Waals surface area (Å²) in [4.78, 5) is 8.46. The van der Waals surface area contributed by atoms with Gasteiger partial charge in [0.25, 0.3) is 0 Å². The second-order valence-electron chi connectivity index (χ2n) is 5.65. The van der Waals surface area contributed by atoms with Crippen molar-refractivity contribution in [2.24, 2.45) is 0 Å². The topological polar surface area (TPSA) is 62.1 Å². The summed E-state index contributed by atoms with van der Waals surface area (Å²) >= 11 is 0. The smallest absolute Gasteiger partial charge is 0.398 e. The van der Waals surface area contributed by atoms with Crippen LogP contribution in [0, 0.1) is 0 Å². The van der Waals surface area contributed by atoms with E-state index < -0.39 is 18.3 Å². The lowest BCUT2D eigenvalue weighted by Gasteiger charge is -2.32. The maximum atomic E-state index is 7.75. The number of rotatable bonds is 2. The zero-order chi connectivity index (χ0) is 17.0. The van der Waals surface area contributed by atoms with Crippen molar-refractivity contribution in [3.05, 3.63) is 30.8 Å². The molecule has 1 fully saturated rings. The summed E-state index contributed by atoms with van der Waals surface area (Å²) in [5.41, 5.74) is -0.410. The summed E-state index contributed by atoms with van der Waals surface area (Å²) in [6.07, 6.45) is 2.44. The number of hydrogen-bond donors (Lipinski definition) is 0. The molecule has 2 aromatic heterocycles. The van der Waals surface area contributed by atoms with Crippen LogP contribution in [0.15, 0.2) is 30.8 Å². The Kier molecular flexibility index (Phi) is 2.21. The first-order chi connectivity index (χ1) is 10.6. The van der Waals surface area contributed by atoms with Crippen LogP contribution >= 0.6 is 0 Å². The van der Waals surface area contributed by atoms with E-state index in [1.807, 2.05) is 27.7 Å². The van der Waals surface area contributed by atoms with Crippen LogP contribution in [0.5, 0.6) is 0 Å². The second-order valence-corrected chi connectivity index (χ2v) is 5.65. The molecule has 1 aliphatic heterocycles. The molecule has 0 bridgehead atoms. The van der Waals surface area contributed by atoms with Crippen molar-refractivity contribution in [1.82, 2.24) is 19.7 Å². The normalized spacial score (nSPS) is 22.4. The minimum Gasteiger partial charge on any atom is -0.398 e. The molecule has 3 rings (SSSR count). The summed E-state index contributed by atoms with van der Waals surface area (Å²) in [6, 6.07) is -0.248. The third-order valence-electron chi connectivity index (χ3n) is 3.74. The minimum atomic E-state index is -0.617. The van der Waals surface area contributed by atoms with E-state index in [1.54, 1.807) is 0 Å². The Morgan fingerprint density at radius 1 is 1.15 bits per heavy atom. The van der Waals surface area contributed by atoms with Gasteiger partial charge in [-0.05, 0) is 33.7 Å². The van der Waals surface area contributed by atoms with Crippen molar-refractivity contribution in [2.75, 3.05) is 0 Å². The van der Waals surface area contributed by atoms with Gasteiger partial charge in [0.1, 0.15) is 0 Å². The Hall–Kier alpha value is -1.73. The average molecular weight is 275 g/mol. The molecule has 0 aromatic carbocycles. The van der Waals surface area contributed by atoms with E-state index >= 15 is 0 Å². The SMILES string of the molecule is [2H]c1nn(-c2cnc(B3OC(C)(C)C(C)(C)O3)cn2)c([2H])c1[2H]. The van der Waals surface area contributed by atoms with Gasteiger partial charge in [-0.3, -0.25) is 4.98 Å². The molecule has 3 heterocycles. The highest BCUT2D eigenvalue weighted by Crippen LogP contribution is 2.36. The van der Waals surface area contributed by atoms with E-state index in [-0.39, 0.29) is 24.2 Å². The van der Waals surface area contributed by atoms with Gasteiger partial charge in [0.2, 0.25) is 0 Å². The van der Waals surface area contributed by atoms with Gasteiger partial charge in [0, 0.05) is 18.5 Å². The Balaban J connectivity index is 1.88. The first kappa shape index (κ1) is 10.1. The van der Waals surface area contributed by atoms with Crippen LogP contribution in [-0.2, 0) is 9.31 Å². The van der Waals surface area contributed by atoms with Crippen molar-refractivity contribution in [1.29, 1.82) is 0 Å². The zero-order valence-electron chi connectivity index (χ0n) is 14.8. The molecule has 2 aromatic rings. The zero-order valence-corrected chi connectivity index (χ0v) is 11.8. The third kappa shape index (κ3) is 2.12. The van der Waals surface area contributed by atoms with Gasteiger partial charge in [-0.25, -0.2) is 9.67 Å². The molecule has 104 valence electrons. The van der Waals surface area contributed by atoms with Crippen molar-refractivity contribution < 1.29 is 13.4 Å². The van der Waals surface area contributed by atoms with E-state index in [0.29, 0.717) is 5.59 Å². The lowest BCUT2D eigenvalue weighted by molar-refractivity contribution is 0.00578. The molecule has 1 aliphatic rings. The molecule has 1 saturated heterocycles. The van der Waals surface area contributed by atoms with Crippen LogP contribution < -0.4 is 5.59 Å². The summed E-state index contributed by atoms with van der Waals surface area (Å²) in [7, 11) is -0.617. The quantitative estimate of drug-likeness (QED) is 0.764. The van der Waals surface area contributed by atoms with Gasteiger partial charge in [-0.2, -0.15) is 5.10 Å². The Morgan fingerprint density at radius 2 is 1.85 bits per heavy atom. The van der Waals surface area contributed by atoms with Gasteiger partial charge >= 0.3 is 7.12 Å². The van der Waals surface area contributed by atoms with Crippen molar-refractivity contribution >= 4 is 12.7 Å². The largest absolute Gasteiger partial charge is 0.516 e. The molecular weight excluding hydrogens is 255 g/mol. The van der Waals surface area contributed by atoms with E-state index in [1.165, 1.54) is 12.4 Å². The lowest BCUT2D eigenvalue weighted by Crippen LogP contribution is -2.41. The van der Waals surface area contributed by atoms with Gasteiger partial charge in [0.05, 0.1) is 27.1 Å². The molecule has 6 nitrogen and oxygen atoms in total. The van der Waals surface area contributed by atoms with E-state index in [2.05, 4.69) is 15.1 Å². The van der Waals surface area contributed by atoms with Crippen LogP contribution in [0.1, 0.15) is 31.8 Å². The summed E-state index contributed by atoms with van der Waals surface area (Å²) in [5, 5.41) is 3.80. The molecule has 0 aliphatic carbocycles. The van der Waals surface area contributed by atoms with Crippen molar-refractivity contribution in [2.45, 2.75) is 38.9 Å². The maximum absolute atomic E-state index is 7.75. The molecule has 0 unspecified atom stereocenters. The molecule has 20 heavy (non-hydrogen) atoms. The monoisotopic (exact) mass is 275 g/mol. The molecule has 0 spiro atoms. The first-order valence-corrected chi connectivity index (χ1v) is 6.33. The number of nitrogens with zero attached hydrogens (tertiary/aromatic N) is 4. The predicted octanol–water partition coefficient (Wildman–Crippen LogP) is 0.961. The summed E-state index contributed by atoms with van der Waals surface area (Å²) < 4.78 is 35.7. The number of aromatic nitrogens is 4. The molecule has 0 amide bonds. The van der Waals surface area contributed by atoms with E-state index in [0.717, 1.165) is 4.68 Å². The van der Waals surface area contributed by atoms with Crippen LogP contribution in [0.3, 0.4) is 0 Å². The third-order valence-corrected chi connectivity index (χ3v) is 3.74. The average Bonchev–Trinajstić information content (AvgIpc) is 2.86. The highest BCUT2D eigenvalue weighted by atomic mass is 16.7. The van der Waals surface area contributed by atoms with Gasteiger partial charge in [-0.15, -0.1) is 0 Å².